The Morgan fingerprint density at radius 3 is 1.19 bits per heavy atom. The van der Waals surface area contributed by atoms with Crippen molar-refractivity contribution in [2.75, 3.05) is 52.4 Å². The second-order valence-corrected chi connectivity index (χ2v) is 20.6. The van der Waals surface area contributed by atoms with Gasteiger partial charge in [0.2, 0.25) is 11.8 Å². The Labute approximate surface area is 423 Å². The molecule has 0 radical (unpaired) electrons. The van der Waals surface area contributed by atoms with E-state index >= 15 is 0 Å². The van der Waals surface area contributed by atoms with Gasteiger partial charge in [-0.3, -0.25) is 29.8 Å². The molecule has 0 spiro atoms. The number of nitro benzene ring substituents is 2. The maximum atomic E-state index is 13.5. The molecule has 0 atom stereocenters. The van der Waals surface area contributed by atoms with Crippen molar-refractivity contribution in [2.24, 2.45) is 0 Å². The Balaban J connectivity index is 1.37. The number of benzene rings is 4. The fourth-order valence-corrected chi connectivity index (χ4v) is 9.52. The number of hydrogen-bond acceptors (Lipinski definition) is 11. The Morgan fingerprint density at radius 2 is 0.884 bits per heavy atom. The van der Waals surface area contributed by atoms with E-state index < -0.39 is 56.4 Å². The number of carbonyl (C=O) groups is 4. The first kappa shape index (κ1) is 52.5. The van der Waals surface area contributed by atoms with Gasteiger partial charge in [0.15, 0.2) is 0 Å². The van der Waals surface area contributed by atoms with Crippen LogP contribution in [0, 0.1) is 20.2 Å². The van der Waals surface area contributed by atoms with E-state index in [0.29, 0.717) is 0 Å². The summed E-state index contributed by atoms with van der Waals surface area (Å²) in [5.41, 5.74) is -1.41. The minimum absolute atomic E-state index is 0.0111. The fourth-order valence-electron chi connectivity index (χ4n) is 7.45. The quantitative estimate of drug-likeness (QED) is 0.0836. The molecule has 69 heavy (non-hydrogen) atoms. The summed E-state index contributed by atoms with van der Waals surface area (Å²) in [6, 6.07) is 14.8. The van der Waals surface area contributed by atoms with Crippen LogP contribution in [0.25, 0.3) is 34.4 Å². The third kappa shape index (κ3) is 13.3. The lowest BCUT2D eigenvalue weighted by Gasteiger charge is -2.35. The van der Waals surface area contributed by atoms with Gasteiger partial charge in [-0.15, -0.1) is 0 Å². The molecule has 16 nitrogen and oxygen atoms in total. The van der Waals surface area contributed by atoms with Crippen LogP contribution >= 0.6 is 58.2 Å². The van der Waals surface area contributed by atoms with Gasteiger partial charge in [-0.25, -0.2) is 9.59 Å². The number of amides is 4. The molecular weight excluding hydrogens is 994 g/mol. The lowest BCUT2D eigenvalue weighted by Crippen LogP contribution is -2.51. The van der Waals surface area contributed by atoms with Gasteiger partial charge in [0.25, 0.3) is 11.4 Å². The van der Waals surface area contributed by atoms with Crippen LogP contribution in [-0.4, -0.2) is 117 Å². The molecule has 2 aliphatic rings. The maximum absolute atomic E-state index is 13.5. The minimum atomic E-state index is -0.686. The summed E-state index contributed by atoms with van der Waals surface area (Å²) in [5, 5.41) is 27.2. The molecule has 0 saturated carbocycles. The molecular formula is C48H48Cl4N6O10S. The van der Waals surface area contributed by atoms with Crippen molar-refractivity contribution in [3.05, 3.63) is 124 Å². The van der Waals surface area contributed by atoms with Crippen LogP contribution in [0.5, 0.6) is 0 Å². The summed E-state index contributed by atoms with van der Waals surface area (Å²) in [6.07, 6.45) is 4.43. The third-order valence-corrected chi connectivity index (χ3v) is 12.8. The Morgan fingerprint density at radius 1 is 0.551 bits per heavy atom. The average Bonchev–Trinajstić information content (AvgIpc) is 3.26. The summed E-state index contributed by atoms with van der Waals surface area (Å²) in [5.74, 6) is -0.817. The maximum Gasteiger partial charge on any atom is 0.410 e. The summed E-state index contributed by atoms with van der Waals surface area (Å²) in [6.45, 7) is 12.4. The highest BCUT2D eigenvalue weighted by Crippen LogP contribution is 2.50. The van der Waals surface area contributed by atoms with E-state index in [0.717, 1.165) is 11.8 Å². The third-order valence-electron chi connectivity index (χ3n) is 10.6. The van der Waals surface area contributed by atoms with Gasteiger partial charge in [0.1, 0.15) is 11.2 Å². The summed E-state index contributed by atoms with van der Waals surface area (Å²) in [7, 11) is 0. The number of ether oxygens (including phenoxy) is 2. The Hall–Kier alpha value is -5.85. The standard InChI is InChI=1S/C48H48Cl4N6O10S/c1-47(2,3)67-45(61)55-23-19-53(20-24-55)39(59)17-9-29-7-15-37(43(57(63)64)41(29)33-13-11-31(49)27-35(33)51)69-38-16-8-30(42(44(38)58(65)66)34-14-12-32(50)28-36(34)52)10-18-40(60)54-21-25-56(26-22-54)46(62)68-48(4,5)6/h7-18,27-28H,19-26H2,1-6H3/b17-9+,18-10+. The molecule has 2 heterocycles. The van der Waals surface area contributed by atoms with Crippen LogP contribution < -0.4 is 0 Å². The van der Waals surface area contributed by atoms with Gasteiger partial charge in [0, 0.05) is 85.7 Å². The summed E-state index contributed by atoms with van der Waals surface area (Å²) >= 11 is 26.7. The predicted molar refractivity (Wildman–Crippen MR) is 268 cm³/mol. The molecule has 4 aromatic rings. The Bertz CT molecular complexity index is 2570. The van der Waals surface area contributed by atoms with Crippen molar-refractivity contribution >= 4 is 106 Å². The van der Waals surface area contributed by atoms with Crippen LogP contribution in [0.1, 0.15) is 52.7 Å². The van der Waals surface area contributed by atoms with Crippen LogP contribution in [0.3, 0.4) is 0 Å². The van der Waals surface area contributed by atoms with Gasteiger partial charge in [-0.2, -0.15) is 0 Å². The van der Waals surface area contributed by atoms with E-state index in [1.165, 1.54) is 82.6 Å². The molecule has 2 saturated heterocycles. The molecule has 0 bridgehead atoms. The molecule has 4 aromatic carbocycles. The van der Waals surface area contributed by atoms with Crippen molar-refractivity contribution in [3.8, 4) is 22.3 Å². The SMILES string of the molecule is CC(C)(C)OC(=O)N1CCN(C(=O)/C=C/c2ccc(Sc3ccc(/C=C/C(=O)N4CCN(C(=O)OC(C)(C)C)CC4)c(-c4ccc(Cl)cc4Cl)c3[N+](=O)[O-])c([N+](=O)[O-])c2-c2ccc(Cl)cc2Cl)CC1. The first-order valence-electron chi connectivity index (χ1n) is 21.5. The summed E-state index contributed by atoms with van der Waals surface area (Å²) in [4.78, 5) is 83.6. The lowest BCUT2D eigenvalue weighted by atomic mass is 9.97. The molecule has 2 aliphatic heterocycles. The first-order valence-corrected chi connectivity index (χ1v) is 23.8. The van der Waals surface area contributed by atoms with Gasteiger partial charge in [-0.1, -0.05) is 82.4 Å². The highest BCUT2D eigenvalue weighted by molar-refractivity contribution is 7.99. The van der Waals surface area contributed by atoms with E-state index in [2.05, 4.69) is 0 Å². The Kier molecular flexibility index (Phi) is 16.6. The minimum Gasteiger partial charge on any atom is -0.444 e. The number of carbonyl (C=O) groups excluding carboxylic acids is 4. The molecule has 6 rings (SSSR count). The van der Waals surface area contributed by atoms with E-state index in [1.54, 1.807) is 63.5 Å². The second-order valence-electron chi connectivity index (χ2n) is 17.9. The molecule has 2 fully saturated rings. The van der Waals surface area contributed by atoms with Gasteiger partial charge in [0.05, 0.1) is 40.8 Å². The predicted octanol–water partition coefficient (Wildman–Crippen LogP) is 11.8. The monoisotopic (exact) mass is 1040 g/mol. The molecule has 21 heteroatoms. The first-order chi connectivity index (χ1) is 32.4. The van der Waals surface area contributed by atoms with Crippen LogP contribution in [0.4, 0.5) is 21.0 Å². The van der Waals surface area contributed by atoms with Crippen molar-refractivity contribution < 1.29 is 38.5 Å². The number of nitrogens with zero attached hydrogens (tertiary/aromatic N) is 6. The zero-order chi connectivity index (χ0) is 50.5. The number of rotatable bonds is 10. The largest absolute Gasteiger partial charge is 0.444 e. The summed E-state index contributed by atoms with van der Waals surface area (Å²) < 4.78 is 10.9. The van der Waals surface area contributed by atoms with E-state index in [-0.39, 0.29) is 116 Å². The van der Waals surface area contributed by atoms with Crippen LogP contribution in [-0.2, 0) is 19.1 Å². The van der Waals surface area contributed by atoms with E-state index in [1.807, 2.05) is 0 Å². The van der Waals surface area contributed by atoms with Gasteiger partial charge in [-0.05, 0) is 101 Å². The van der Waals surface area contributed by atoms with Gasteiger partial charge >= 0.3 is 12.2 Å². The van der Waals surface area contributed by atoms with Crippen molar-refractivity contribution in [3.63, 3.8) is 0 Å². The zero-order valence-corrected chi connectivity index (χ0v) is 42.3. The highest BCUT2D eigenvalue weighted by Gasteiger charge is 2.33. The molecule has 0 aliphatic carbocycles. The number of hydrogen-bond donors (Lipinski definition) is 0. The average molecular weight is 1040 g/mol. The zero-order valence-electron chi connectivity index (χ0n) is 38.4. The van der Waals surface area contributed by atoms with E-state index in [9.17, 15) is 39.4 Å². The second kappa shape index (κ2) is 21.8. The van der Waals surface area contributed by atoms with Crippen LogP contribution in [0.15, 0.2) is 82.6 Å². The number of piperazine rings is 2. The number of halogens is 4. The highest BCUT2D eigenvalue weighted by atomic mass is 35.5. The molecule has 0 aromatic heterocycles. The van der Waals surface area contributed by atoms with Crippen molar-refractivity contribution in [1.29, 1.82) is 0 Å². The smallest absolute Gasteiger partial charge is 0.410 e. The molecule has 4 amide bonds. The molecule has 364 valence electrons. The van der Waals surface area contributed by atoms with Gasteiger partial charge < -0.3 is 29.1 Å². The molecule has 0 N–H and O–H groups in total. The number of nitro groups is 2. The van der Waals surface area contributed by atoms with Crippen molar-refractivity contribution in [1.82, 2.24) is 19.6 Å². The van der Waals surface area contributed by atoms with Crippen molar-refractivity contribution in [2.45, 2.75) is 62.5 Å². The normalized spacial score (nSPS) is 14.6. The molecule has 0 unspecified atom stereocenters. The topological polar surface area (TPSA) is 186 Å². The van der Waals surface area contributed by atoms with E-state index in [4.69, 9.17) is 55.9 Å². The van der Waals surface area contributed by atoms with Crippen LogP contribution in [0.2, 0.25) is 20.1 Å². The lowest BCUT2D eigenvalue weighted by molar-refractivity contribution is -0.387. The fraction of sp³-hybridized carbons (Fsp3) is 0.333.